The first-order valence-corrected chi connectivity index (χ1v) is 7.23. The maximum absolute atomic E-state index is 9.14. The van der Waals surface area contributed by atoms with Crippen molar-refractivity contribution in [3.63, 3.8) is 0 Å². The Labute approximate surface area is 103 Å². The van der Waals surface area contributed by atoms with E-state index < -0.39 is 0 Å². The van der Waals surface area contributed by atoms with E-state index in [4.69, 9.17) is 5.11 Å². The van der Waals surface area contributed by atoms with Gasteiger partial charge in [-0.3, -0.25) is 0 Å². The number of thioether (sulfide) groups is 1. The van der Waals surface area contributed by atoms with Crippen molar-refractivity contribution in [1.82, 2.24) is 0 Å². The molecule has 0 atom stereocenters. The molecule has 0 aliphatic rings. The highest BCUT2D eigenvalue weighted by Gasteiger charge is 1.95. The molecule has 0 spiro atoms. The van der Waals surface area contributed by atoms with E-state index in [-0.39, 0.29) is 0 Å². The largest absolute Gasteiger partial charge is 0.508 e. The second kappa shape index (κ2) is 8.51. The van der Waals surface area contributed by atoms with Gasteiger partial charge in [-0.1, -0.05) is 39.0 Å². The Bertz CT molecular complexity index is 269. The van der Waals surface area contributed by atoms with Gasteiger partial charge in [0.05, 0.1) is 0 Å². The number of benzene rings is 1. The van der Waals surface area contributed by atoms with Gasteiger partial charge in [-0.25, -0.2) is 0 Å². The Morgan fingerprint density at radius 1 is 0.938 bits per heavy atom. The van der Waals surface area contributed by atoms with Crippen molar-refractivity contribution in [2.75, 3.05) is 5.75 Å². The lowest BCUT2D eigenvalue weighted by molar-refractivity contribution is 0.475. The maximum atomic E-state index is 9.14. The van der Waals surface area contributed by atoms with Crippen LogP contribution in [0.4, 0.5) is 0 Å². The number of phenols is 1. The number of hydrogen-bond donors (Lipinski definition) is 1. The van der Waals surface area contributed by atoms with E-state index in [0.717, 1.165) is 0 Å². The molecule has 0 heterocycles. The van der Waals surface area contributed by atoms with Crippen LogP contribution in [0.1, 0.15) is 45.4 Å². The zero-order chi connectivity index (χ0) is 11.6. The predicted molar refractivity (Wildman–Crippen MR) is 72.2 cm³/mol. The Balaban J connectivity index is 2.01. The lowest BCUT2D eigenvalue weighted by atomic mass is 10.1. The molecule has 0 bridgehead atoms. The summed E-state index contributed by atoms with van der Waals surface area (Å²) in [5.41, 5.74) is 0. The smallest absolute Gasteiger partial charge is 0.115 e. The number of unbranched alkanes of at least 4 members (excludes halogenated alkanes) is 5. The molecule has 1 rings (SSSR count). The molecule has 0 saturated heterocycles. The van der Waals surface area contributed by atoms with Crippen LogP contribution >= 0.6 is 11.8 Å². The molecule has 0 aliphatic carbocycles. The monoisotopic (exact) mass is 238 g/mol. The van der Waals surface area contributed by atoms with Crippen molar-refractivity contribution in [1.29, 1.82) is 0 Å². The summed E-state index contributed by atoms with van der Waals surface area (Å²) in [6.07, 6.45) is 8.12. The quantitative estimate of drug-likeness (QED) is 0.516. The van der Waals surface area contributed by atoms with E-state index in [2.05, 4.69) is 6.92 Å². The van der Waals surface area contributed by atoms with Crippen LogP contribution in [0.25, 0.3) is 0 Å². The summed E-state index contributed by atoms with van der Waals surface area (Å²) in [6, 6.07) is 7.47. The molecule has 2 heteroatoms. The fourth-order valence-corrected chi connectivity index (χ4v) is 2.53. The zero-order valence-corrected chi connectivity index (χ0v) is 10.9. The molecular formula is C14H22OS. The summed E-state index contributed by atoms with van der Waals surface area (Å²) in [4.78, 5) is 1.26. The molecule has 0 aliphatic heterocycles. The third-order valence-corrected chi connectivity index (χ3v) is 3.70. The average molecular weight is 238 g/mol. The molecule has 0 fully saturated rings. The first-order valence-electron chi connectivity index (χ1n) is 6.24. The van der Waals surface area contributed by atoms with Crippen molar-refractivity contribution in [2.45, 2.75) is 50.3 Å². The maximum Gasteiger partial charge on any atom is 0.115 e. The van der Waals surface area contributed by atoms with Crippen LogP contribution in [0.15, 0.2) is 29.2 Å². The highest BCUT2D eigenvalue weighted by Crippen LogP contribution is 2.22. The number of rotatable bonds is 8. The van der Waals surface area contributed by atoms with Crippen molar-refractivity contribution < 1.29 is 5.11 Å². The summed E-state index contributed by atoms with van der Waals surface area (Å²) in [7, 11) is 0. The van der Waals surface area contributed by atoms with E-state index in [1.54, 1.807) is 12.1 Å². The van der Waals surface area contributed by atoms with Gasteiger partial charge in [0.15, 0.2) is 0 Å². The second-order valence-corrected chi connectivity index (χ2v) is 5.28. The first kappa shape index (κ1) is 13.4. The standard InChI is InChI=1S/C14H22OS/c1-2-3-4-5-6-7-12-16-14-10-8-13(15)9-11-14/h8-11,15H,2-7,12H2,1H3. The van der Waals surface area contributed by atoms with E-state index >= 15 is 0 Å². The van der Waals surface area contributed by atoms with Gasteiger partial charge in [-0.15, -0.1) is 11.8 Å². The minimum Gasteiger partial charge on any atom is -0.508 e. The predicted octanol–water partition coefficient (Wildman–Crippen LogP) is 4.84. The topological polar surface area (TPSA) is 20.2 Å². The minimum absolute atomic E-state index is 0.351. The van der Waals surface area contributed by atoms with E-state index in [1.165, 1.54) is 49.2 Å². The number of hydrogen-bond acceptors (Lipinski definition) is 2. The van der Waals surface area contributed by atoms with Gasteiger partial charge in [-0.05, 0) is 36.4 Å². The van der Waals surface area contributed by atoms with Crippen LogP contribution in [0, 0.1) is 0 Å². The van der Waals surface area contributed by atoms with Gasteiger partial charge >= 0.3 is 0 Å². The van der Waals surface area contributed by atoms with Gasteiger partial charge in [0.2, 0.25) is 0 Å². The van der Waals surface area contributed by atoms with Crippen LogP contribution in [-0.4, -0.2) is 10.9 Å². The Morgan fingerprint density at radius 3 is 2.25 bits per heavy atom. The Morgan fingerprint density at radius 2 is 1.56 bits per heavy atom. The third-order valence-electron chi connectivity index (χ3n) is 2.60. The van der Waals surface area contributed by atoms with Crippen molar-refractivity contribution in [2.24, 2.45) is 0 Å². The van der Waals surface area contributed by atoms with E-state index in [1.807, 2.05) is 23.9 Å². The van der Waals surface area contributed by atoms with Crippen molar-refractivity contribution >= 4 is 11.8 Å². The average Bonchev–Trinajstić information content (AvgIpc) is 2.30. The summed E-state index contributed by atoms with van der Waals surface area (Å²) in [5, 5.41) is 9.14. The zero-order valence-electron chi connectivity index (χ0n) is 10.1. The molecule has 1 N–H and O–H groups in total. The molecule has 0 amide bonds. The van der Waals surface area contributed by atoms with E-state index in [0.29, 0.717) is 5.75 Å². The fraction of sp³-hybridized carbons (Fsp3) is 0.571. The minimum atomic E-state index is 0.351. The highest BCUT2D eigenvalue weighted by molar-refractivity contribution is 7.99. The highest BCUT2D eigenvalue weighted by atomic mass is 32.2. The lowest BCUT2D eigenvalue weighted by Gasteiger charge is -2.02. The fourth-order valence-electron chi connectivity index (χ4n) is 1.61. The molecule has 0 radical (unpaired) electrons. The number of aromatic hydroxyl groups is 1. The van der Waals surface area contributed by atoms with Crippen LogP contribution in [0.5, 0.6) is 5.75 Å². The Hall–Kier alpha value is -0.630. The van der Waals surface area contributed by atoms with Gasteiger partial charge in [0.1, 0.15) is 5.75 Å². The first-order chi connectivity index (χ1) is 7.83. The van der Waals surface area contributed by atoms with E-state index in [9.17, 15) is 0 Å². The van der Waals surface area contributed by atoms with Gasteiger partial charge < -0.3 is 5.11 Å². The Kier molecular flexibility index (Phi) is 7.15. The normalized spacial score (nSPS) is 10.6. The second-order valence-electron chi connectivity index (χ2n) is 4.11. The molecule has 1 aromatic carbocycles. The summed E-state index contributed by atoms with van der Waals surface area (Å²) >= 11 is 1.88. The molecule has 0 aromatic heterocycles. The van der Waals surface area contributed by atoms with Crippen LogP contribution in [-0.2, 0) is 0 Å². The van der Waals surface area contributed by atoms with Gasteiger partial charge in [-0.2, -0.15) is 0 Å². The van der Waals surface area contributed by atoms with Gasteiger partial charge in [0.25, 0.3) is 0 Å². The number of phenolic OH excluding ortho intramolecular Hbond substituents is 1. The van der Waals surface area contributed by atoms with Crippen LogP contribution < -0.4 is 0 Å². The molecule has 90 valence electrons. The SMILES string of the molecule is CCCCCCCCSc1ccc(O)cc1. The molecular weight excluding hydrogens is 216 g/mol. The summed E-state index contributed by atoms with van der Waals surface area (Å²) in [6.45, 7) is 2.25. The molecule has 1 aromatic rings. The third kappa shape index (κ3) is 6.06. The molecule has 16 heavy (non-hydrogen) atoms. The molecule has 0 saturated carbocycles. The summed E-state index contributed by atoms with van der Waals surface area (Å²) < 4.78 is 0. The summed E-state index contributed by atoms with van der Waals surface area (Å²) in [5.74, 6) is 1.54. The van der Waals surface area contributed by atoms with Crippen molar-refractivity contribution in [3.8, 4) is 5.75 Å². The lowest BCUT2D eigenvalue weighted by Crippen LogP contribution is -1.82. The van der Waals surface area contributed by atoms with Gasteiger partial charge in [0, 0.05) is 4.90 Å². The van der Waals surface area contributed by atoms with Crippen molar-refractivity contribution in [3.05, 3.63) is 24.3 Å². The molecule has 0 unspecified atom stereocenters. The van der Waals surface area contributed by atoms with Crippen LogP contribution in [0.3, 0.4) is 0 Å². The van der Waals surface area contributed by atoms with Crippen LogP contribution in [0.2, 0.25) is 0 Å². The molecule has 1 nitrogen and oxygen atoms in total.